The monoisotopic (exact) mass is 493 g/mol. The van der Waals surface area contributed by atoms with Crippen LogP contribution in [0.5, 0.6) is 5.75 Å². The Morgan fingerprint density at radius 2 is 2.03 bits per heavy atom. The summed E-state index contributed by atoms with van der Waals surface area (Å²) < 4.78 is 7.21. The van der Waals surface area contributed by atoms with E-state index in [0.717, 1.165) is 49.0 Å². The van der Waals surface area contributed by atoms with Gasteiger partial charge in [-0.05, 0) is 30.4 Å². The van der Waals surface area contributed by atoms with Gasteiger partial charge in [-0.1, -0.05) is 32.8 Å². The summed E-state index contributed by atoms with van der Waals surface area (Å²) in [6.45, 7) is 5.87. The molecule has 9 nitrogen and oxygen atoms in total. The van der Waals surface area contributed by atoms with E-state index in [4.69, 9.17) is 9.84 Å². The number of nitrogens with one attached hydrogen (secondary N) is 2. The first-order valence-electron chi connectivity index (χ1n) is 13.0. The van der Waals surface area contributed by atoms with Crippen LogP contribution in [0.25, 0.3) is 0 Å². The van der Waals surface area contributed by atoms with Crippen LogP contribution >= 0.6 is 0 Å². The number of ether oxygens (including phenoxy) is 1. The van der Waals surface area contributed by atoms with Crippen LogP contribution in [0.15, 0.2) is 18.2 Å². The summed E-state index contributed by atoms with van der Waals surface area (Å²) in [7, 11) is 1.58. The highest BCUT2D eigenvalue weighted by molar-refractivity contribution is 6.05. The Morgan fingerprint density at radius 3 is 2.75 bits per heavy atom. The minimum atomic E-state index is -0.534. The molecule has 2 N–H and O–H groups in total. The third kappa shape index (κ3) is 4.70. The van der Waals surface area contributed by atoms with Crippen molar-refractivity contribution in [2.45, 2.75) is 77.4 Å². The molecule has 36 heavy (non-hydrogen) atoms. The van der Waals surface area contributed by atoms with E-state index < -0.39 is 5.92 Å². The first-order chi connectivity index (χ1) is 17.3. The lowest BCUT2D eigenvalue weighted by molar-refractivity contribution is -0.134. The molecule has 2 aromatic rings. The molecule has 3 amide bonds. The van der Waals surface area contributed by atoms with Crippen LogP contribution in [-0.4, -0.2) is 52.1 Å². The first-order valence-corrected chi connectivity index (χ1v) is 13.0. The van der Waals surface area contributed by atoms with E-state index in [9.17, 15) is 14.4 Å². The zero-order valence-corrected chi connectivity index (χ0v) is 21.3. The molecule has 2 aliphatic heterocycles. The molecule has 1 aromatic carbocycles. The Hall–Kier alpha value is -3.36. The first kappa shape index (κ1) is 24.3. The molecule has 1 atom stereocenters. The lowest BCUT2D eigenvalue weighted by Crippen LogP contribution is -2.39. The maximum atomic E-state index is 13.4. The summed E-state index contributed by atoms with van der Waals surface area (Å²) in [5.74, 6) is 0.0981. The van der Waals surface area contributed by atoms with Crippen molar-refractivity contribution in [2.24, 2.45) is 5.92 Å². The second kappa shape index (κ2) is 9.95. The molecule has 1 aliphatic carbocycles. The van der Waals surface area contributed by atoms with Gasteiger partial charge in [-0.2, -0.15) is 5.10 Å². The summed E-state index contributed by atoms with van der Waals surface area (Å²) in [5.41, 5.74) is 3.82. The summed E-state index contributed by atoms with van der Waals surface area (Å²) >= 11 is 0. The minimum Gasteiger partial charge on any atom is -0.497 e. The van der Waals surface area contributed by atoms with Gasteiger partial charge in [0, 0.05) is 61.5 Å². The fraction of sp³-hybridized carbons (Fsp3) is 0.556. The van der Waals surface area contributed by atoms with Crippen molar-refractivity contribution in [1.82, 2.24) is 20.0 Å². The van der Waals surface area contributed by atoms with E-state index in [-0.39, 0.29) is 30.2 Å². The molecule has 0 saturated heterocycles. The lowest BCUT2D eigenvalue weighted by atomic mass is 9.95. The number of methoxy groups -OCH3 is 1. The number of hydrogen-bond donors (Lipinski definition) is 2. The highest BCUT2D eigenvalue weighted by Gasteiger charge is 2.36. The number of aromatic nitrogens is 2. The van der Waals surface area contributed by atoms with Gasteiger partial charge in [-0.15, -0.1) is 0 Å². The lowest BCUT2D eigenvalue weighted by Gasteiger charge is -2.29. The molecule has 0 spiro atoms. The second-order valence-electron chi connectivity index (χ2n) is 10.6. The van der Waals surface area contributed by atoms with Gasteiger partial charge < -0.3 is 20.3 Å². The Bertz CT molecular complexity index is 1180. The average Bonchev–Trinajstić information content (AvgIpc) is 3.56. The van der Waals surface area contributed by atoms with Crippen LogP contribution in [0, 0.1) is 5.92 Å². The van der Waals surface area contributed by atoms with Crippen molar-refractivity contribution < 1.29 is 19.1 Å². The van der Waals surface area contributed by atoms with E-state index in [2.05, 4.69) is 24.5 Å². The Kier molecular flexibility index (Phi) is 6.73. The van der Waals surface area contributed by atoms with Crippen molar-refractivity contribution in [2.75, 3.05) is 19.0 Å². The molecule has 1 aromatic heterocycles. The molecular weight excluding hydrogens is 458 g/mol. The van der Waals surface area contributed by atoms with Gasteiger partial charge in [0.05, 0.1) is 13.0 Å². The molecule has 192 valence electrons. The normalized spacial score (nSPS) is 19.3. The highest BCUT2D eigenvalue weighted by Crippen LogP contribution is 2.37. The van der Waals surface area contributed by atoms with Gasteiger partial charge in [0.2, 0.25) is 11.8 Å². The number of fused-ring (bicyclic) bond motifs is 2. The summed E-state index contributed by atoms with van der Waals surface area (Å²) in [6.07, 6.45) is 5.01. The highest BCUT2D eigenvalue weighted by atomic mass is 16.5. The minimum absolute atomic E-state index is 0.0875. The van der Waals surface area contributed by atoms with E-state index in [0.29, 0.717) is 42.6 Å². The van der Waals surface area contributed by atoms with Gasteiger partial charge >= 0.3 is 0 Å². The Balaban J connectivity index is 1.34. The van der Waals surface area contributed by atoms with Crippen LogP contribution in [-0.2, 0) is 29.1 Å². The molecule has 1 unspecified atom stereocenters. The fourth-order valence-corrected chi connectivity index (χ4v) is 5.65. The van der Waals surface area contributed by atoms with Crippen molar-refractivity contribution >= 4 is 23.4 Å². The summed E-state index contributed by atoms with van der Waals surface area (Å²) in [6, 6.07) is 5.63. The molecule has 1 fully saturated rings. The fourth-order valence-electron chi connectivity index (χ4n) is 5.65. The molecule has 5 rings (SSSR count). The average molecular weight is 494 g/mol. The summed E-state index contributed by atoms with van der Waals surface area (Å²) in [5, 5.41) is 10.7. The van der Waals surface area contributed by atoms with E-state index in [1.54, 1.807) is 18.1 Å². The van der Waals surface area contributed by atoms with Crippen LogP contribution in [0.4, 0.5) is 5.69 Å². The van der Waals surface area contributed by atoms with Gasteiger partial charge in [0.25, 0.3) is 5.91 Å². The Morgan fingerprint density at radius 1 is 1.25 bits per heavy atom. The number of benzene rings is 1. The standard InChI is InChI=1S/C27H35N5O4/c1-16(2)14-32-23-10-11-31(15-21(23)25(30-32)27(35)28-17-6-4-5-7-17)24(33)13-20-19-9-8-18(36-3)12-22(19)29-26(20)34/h8-9,12,16-17,20H,4-7,10-11,13-15H2,1-3H3,(H,28,35)(H,29,34). The Labute approximate surface area is 211 Å². The molecule has 0 radical (unpaired) electrons. The number of carbonyl (C=O) groups is 3. The molecule has 0 bridgehead atoms. The number of amides is 3. The molecule has 9 heteroatoms. The second-order valence-corrected chi connectivity index (χ2v) is 10.6. The largest absolute Gasteiger partial charge is 0.497 e. The van der Waals surface area contributed by atoms with Crippen molar-refractivity contribution in [3.05, 3.63) is 40.7 Å². The van der Waals surface area contributed by atoms with Gasteiger partial charge in [0.1, 0.15) is 5.75 Å². The predicted octanol–water partition coefficient (Wildman–Crippen LogP) is 3.23. The zero-order valence-electron chi connectivity index (χ0n) is 21.3. The topological polar surface area (TPSA) is 106 Å². The van der Waals surface area contributed by atoms with Gasteiger partial charge in [-0.25, -0.2) is 0 Å². The van der Waals surface area contributed by atoms with Gasteiger partial charge in [0.15, 0.2) is 5.69 Å². The van der Waals surface area contributed by atoms with Crippen LogP contribution < -0.4 is 15.4 Å². The maximum absolute atomic E-state index is 13.4. The van der Waals surface area contributed by atoms with Crippen LogP contribution in [0.3, 0.4) is 0 Å². The quantitative estimate of drug-likeness (QED) is 0.616. The van der Waals surface area contributed by atoms with E-state index in [1.165, 1.54) is 0 Å². The predicted molar refractivity (Wildman–Crippen MR) is 135 cm³/mol. The molecular formula is C27H35N5O4. The SMILES string of the molecule is COc1ccc2c(c1)NC(=O)C2CC(=O)N1CCc2c(c(C(=O)NC3CCCC3)nn2CC(C)C)C1. The van der Waals surface area contributed by atoms with E-state index >= 15 is 0 Å². The smallest absolute Gasteiger partial charge is 0.272 e. The van der Waals surface area contributed by atoms with Crippen LogP contribution in [0.2, 0.25) is 0 Å². The third-order valence-electron chi connectivity index (χ3n) is 7.52. The number of nitrogens with zero attached hydrogens (tertiary/aromatic N) is 3. The number of carbonyl (C=O) groups excluding carboxylic acids is 3. The van der Waals surface area contributed by atoms with Crippen LogP contribution in [0.1, 0.15) is 79.2 Å². The third-order valence-corrected chi connectivity index (χ3v) is 7.52. The number of anilines is 1. The molecule has 1 saturated carbocycles. The van der Waals surface area contributed by atoms with Crippen molar-refractivity contribution in [3.63, 3.8) is 0 Å². The van der Waals surface area contributed by atoms with Crippen molar-refractivity contribution in [3.8, 4) is 5.75 Å². The molecule has 3 heterocycles. The number of hydrogen-bond acceptors (Lipinski definition) is 5. The zero-order chi connectivity index (χ0) is 25.4. The summed E-state index contributed by atoms with van der Waals surface area (Å²) in [4.78, 5) is 41.0. The van der Waals surface area contributed by atoms with E-state index in [1.807, 2.05) is 16.8 Å². The maximum Gasteiger partial charge on any atom is 0.272 e. The number of rotatable bonds is 7. The van der Waals surface area contributed by atoms with Gasteiger partial charge in [-0.3, -0.25) is 19.1 Å². The molecule has 3 aliphatic rings. The van der Waals surface area contributed by atoms with Crippen molar-refractivity contribution in [1.29, 1.82) is 0 Å².